The van der Waals surface area contributed by atoms with Crippen LogP contribution in [0.3, 0.4) is 0 Å². The van der Waals surface area contributed by atoms with Gasteiger partial charge in [0.15, 0.2) is 0 Å². The zero-order valence-electron chi connectivity index (χ0n) is 8.05. The molecule has 2 bridgehead atoms. The second kappa shape index (κ2) is 2.34. The molecule has 2 fully saturated rings. The normalized spacial score (nSPS) is 44.5. The Labute approximate surface area is 77.4 Å². The summed E-state index contributed by atoms with van der Waals surface area (Å²) in [5.74, 6) is -0.649. The highest BCUT2D eigenvalue weighted by molar-refractivity contribution is 5.95. The molecule has 0 amide bonds. The lowest BCUT2D eigenvalue weighted by molar-refractivity contribution is -0.189. The summed E-state index contributed by atoms with van der Waals surface area (Å²) in [5.41, 5.74) is -0.804. The number of fused-ring (bicyclic) bond motifs is 2. The van der Waals surface area contributed by atoms with Gasteiger partial charge >= 0.3 is 11.9 Å². The molecule has 1 heterocycles. The number of carbonyl (C=O) groups excluding carboxylic acids is 2. The summed E-state index contributed by atoms with van der Waals surface area (Å²) in [6, 6.07) is 0. The van der Waals surface area contributed by atoms with Gasteiger partial charge in [-0.3, -0.25) is 9.59 Å². The molecule has 0 radical (unpaired) electrons. The molecule has 3 heteroatoms. The molecule has 2 aliphatic rings. The molecule has 0 aromatic carbocycles. The van der Waals surface area contributed by atoms with Gasteiger partial charge in [0.2, 0.25) is 0 Å². The lowest BCUT2D eigenvalue weighted by atomic mass is 9.62. The summed E-state index contributed by atoms with van der Waals surface area (Å²) in [4.78, 5) is 22.9. The Bertz CT molecular complexity index is 258. The van der Waals surface area contributed by atoms with Crippen molar-refractivity contribution in [3.63, 3.8) is 0 Å². The van der Waals surface area contributed by atoms with Gasteiger partial charge in [-0.2, -0.15) is 0 Å². The quantitative estimate of drug-likeness (QED) is 0.422. The number of carbonyl (C=O) groups is 2. The van der Waals surface area contributed by atoms with Crippen LogP contribution >= 0.6 is 0 Å². The van der Waals surface area contributed by atoms with E-state index in [0.29, 0.717) is 6.42 Å². The van der Waals surface area contributed by atoms with Gasteiger partial charge in [0, 0.05) is 0 Å². The minimum absolute atomic E-state index is 0.324. The maximum absolute atomic E-state index is 11.4. The van der Waals surface area contributed by atoms with Crippen LogP contribution in [0.2, 0.25) is 0 Å². The molecule has 13 heavy (non-hydrogen) atoms. The largest absolute Gasteiger partial charge is 0.392 e. The number of cyclic esters (lactones) is 2. The number of hydrogen-bond acceptors (Lipinski definition) is 3. The second-order valence-electron chi connectivity index (χ2n) is 4.83. The average molecular weight is 182 g/mol. The van der Waals surface area contributed by atoms with Crippen molar-refractivity contribution in [2.75, 3.05) is 0 Å². The third kappa shape index (κ3) is 1.10. The van der Waals surface area contributed by atoms with E-state index < -0.39 is 10.8 Å². The monoisotopic (exact) mass is 182 g/mol. The number of rotatable bonds is 0. The molecule has 0 N–H and O–H groups in total. The lowest BCUT2D eigenvalue weighted by Gasteiger charge is -2.45. The van der Waals surface area contributed by atoms with Gasteiger partial charge in [-0.15, -0.1) is 0 Å². The van der Waals surface area contributed by atoms with Crippen LogP contribution in [0.4, 0.5) is 0 Å². The zero-order chi connectivity index (χ0) is 9.69. The highest BCUT2D eigenvalue weighted by Gasteiger charge is 2.54. The maximum atomic E-state index is 11.4. The van der Waals surface area contributed by atoms with E-state index in [0.717, 1.165) is 19.3 Å². The summed E-state index contributed by atoms with van der Waals surface area (Å²) < 4.78 is 4.78. The molecule has 1 aliphatic carbocycles. The first-order valence-electron chi connectivity index (χ1n) is 4.73. The van der Waals surface area contributed by atoms with Crippen molar-refractivity contribution in [2.24, 2.45) is 10.8 Å². The lowest BCUT2D eigenvalue weighted by Crippen LogP contribution is -2.50. The van der Waals surface area contributed by atoms with Gasteiger partial charge in [0.05, 0.1) is 10.8 Å². The van der Waals surface area contributed by atoms with Gasteiger partial charge in [0.25, 0.3) is 0 Å². The molecule has 3 nitrogen and oxygen atoms in total. The van der Waals surface area contributed by atoms with E-state index in [1.54, 1.807) is 0 Å². The molecule has 0 spiro atoms. The van der Waals surface area contributed by atoms with Crippen LogP contribution in [0.15, 0.2) is 0 Å². The first-order valence-corrected chi connectivity index (χ1v) is 4.73. The van der Waals surface area contributed by atoms with Crippen molar-refractivity contribution < 1.29 is 14.3 Å². The summed E-state index contributed by atoms with van der Waals surface area (Å²) in [5, 5.41) is 0. The van der Waals surface area contributed by atoms with Crippen molar-refractivity contribution in [2.45, 2.75) is 39.5 Å². The fourth-order valence-electron chi connectivity index (χ4n) is 2.59. The third-order valence-electron chi connectivity index (χ3n) is 3.41. The summed E-state index contributed by atoms with van der Waals surface area (Å²) in [7, 11) is 0. The van der Waals surface area contributed by atoms with Crippen LogP contribution in [-0.2, 0) is 14.3 Å². The molecule has 72 valence electrons. The summed E-state index contributed by atoms with van der Waals surface area (Å²) in [6.45, 7) is 3.80. The molecule has 2 atom stereocenters. The second-order valence-corrected chi connectivity index (χ2v) is 4.83. The highest BCUT2D eigenvalue weighted by Crippen LogP contribution is 2.50. The number of esters is 2. The standard InChI is InChI=1S/C10H14O3/c1-9-4-3-5-10(2,6-9)8(12)13-7(9)11/h3-6H2,1-2H3/t9-,10+. The minimum Gasteiger partial charge on any atom is -0.392 e. The summed E-state index contributed by atoms with van der Waals surface area (Å²) in [6.07, 6.45) is 3.33. The minimum atomic E-state index is -0.402. The van der Waals surface area contributed by atoms with E-state index in [1.807, 2.05) is 13.8 Å². The van der Waals surface area contributed by atoms with E-state index in [1.165, 1.54) is 0 Å². The van der Waals surface area contributed by atoms with Crippen molar-refractivity contribution in [1.29, 1.82) is 0 Å². The molecule has 0 aromatic rings. The van der Waals surface area contributed by atoms with Crippen molar-refractivity contribution in [3.05, 3.63) is 0 Å². The highest BCUT2D eigenvalue weighted by atomic mass is 16.6. The fourth-order valence-corrected chi connectivity index (χ4v) is 2.59. The predicted molar refractivity (Wildman–Crippen MR) is 45.8 cm³/mol. The molecular weight excluding hydrogens is 168 g/mol. The van der Waals surface area contributed by atoms with Crippen molar-refractivity contribution in [3.8, 4) is 0 Å². The van der Waals surface area contributed by atoms with Gasteiger partial charge in [-0.25, -0.2) is 0 Å². The number of hydrogen-bond donors (Lipinski definition) is 0. The van der Waals surface area contributed by atoms with E-state index >= 15 is 0 Å². The Morgan fingerprint density at radius 3 is 2.00 bits per heavy atom. The Kier molecular flexibility index (Phi) is 1.57. The van der Waals surface area contributed by atoms with Crippen LogP contribution in [0.5, 0.6) is 0 Å². The van der Waals surface area contributed by atoms with Crippen LogP contribution < -0.4 is 0 Å². The van der Waals surface area contributed by atoms with E-state index in [-0.39, 0.29) is 11.9 Å². The van der Waals surface area contributed by atoms with E-state index in [4.69, 9.17) is 4.74 Å². The maximum Gasteiger partial charge on any atom is 0.319 e. The van der Waals surface area contributed by atoms with Gasteiger partial charge in [0.1, 0.15) is 0 Å². The average Bonchev–Trinajstić information content (AvgIpc) is 2.01. The third-order valence-corrected chi connectivity index (χ3v) is 3.41. The first kappa shape index (κ1) is 8.73. The topological polar surface area (TPSA) is 43.4 Å². The molecule has 2 rings (SSSR count). The molecule has 1 saturated carbocycles. The Hall–Kier alpha value is -0.860. The van der Waals surface area contributed by atoms with E-state index in [9.17, 15) is 9.59 Å². The van der Waals surface area contributed by atoms with Gasteiger partial charge in [-0.05, 0) is 33.1 Å². The van der Waals surface area contributed by atoms with Crippen LogP contribution in [0, 0.1) is 10.8 Å². The number of ether oxygens (including phenoxy) is 1. The summed E-state index contributed by atoms with van der Waals surface area (Å²) >= 11 is 0. The molecule has 0 unspecified atom stereocenters. The smallest absolute Gasteiger partial charge is 0.319 e. The van der Waals surface area contributed by atoms with Crippen molar-refractivity contribution in [1.82, 2.24) is 0 Å². The predicted octanol–water partition coefficient (Wildman–Crippen LogP) is 1.66. The van der Waals surface area contributed by atoms with Crippen LogP contribution in [-0.4, -0.2) is 11.9 Å². The van der Waals surface area contributed by atoms with Gasteiger partial charge < -0.3 is 4.74 Å². The fraction of sp³-hybridized carbons (Fsp3) is 0.800. The Morgan fingerprint density at radius 1 is 1.08 bits per heavy atom. The molecule has 1 saturated heterocycles. The zero-order valence-corrected chi connectivity index (χ0v) is 8.05. The molecular formula is C10H14O3. The van der Waals surface area contributed by atoms with Crippen LogP contribution in [0.1, 0.15) is 39.5 Å². The Morgan fingerprint density at radius 2 is 1.54 bits per heavy atom. The van der Waals surface area contributed by atoms with E-state index in [2.05, 4.69) is 0 Å². The van der Waals surface area contributed by atoms with Gasteiger partial charge in [-0.1, -0.05) is 6.42 Å². The SMILES string of the molecule is C[C@]12CCC[C@](C)(C1)C(=O)OC2=O. The molecule has 1 aliphatic heterocycles. The van der Waals surface area contributed by atoms with Crippen LogP contribution in [0.25, 0.3) is 0 Å². The Balaban J connectivity index is 2.36. The molecule has 0 aromatic heterocycles. The van der Waals surface area contributed by atoms with Crippen molar-refractivity contribution >= 4 is 11.9 Å². The first-order chi connectivity index (χ1) is 5.96.